The van der Waals surface area contributed by atoms with Crippen LogP contribution in [0.3, 0.4) is 0 Å². The minimum Gasteiger partial charge on any atom is -0.480 e. The maximum atomic E-state index is 11.4. The molecule has 2 atom stereocenters. The summed E-state index contributed by atoms with van der Waals surface area (Å²) in [5.41, 5.74) is 1.17. The van der Waals surface area contributed by atoms with Gasteiger partial charge in [-0.2, -0.15) is 0 Å². The Balaban J connectivity index is 2.26. The molecule has 1 aliphatic rings. The van der Waals surface area contributed by atoms with Gasteiger partial charge in [0.25, 0.3) is 0 Å². The average Bonchev–Trinajstić information content (AvgIpc) is 2.40. The molecule has 104 valence electrons. The number of nitrogens with one attached hydrogen (secondary N) is 1. The fraction of sp³-hybridized carbons (Fsp3) is 0.500. The predicted molar refractivity (Wildman–Crippen MR) is 78.2 cm³/mol. The van der Waals surface area contributed by atoms with Crippen LogP contribution >= 0.6 is 15.9 Å². The number of carbonyl (C=O) groups is 1. The first kappa shape index (κ1) is 14.5. The summed E-state index contributed by atoms with van der Waals surface area (Å²) in [5.74, 6) is -0.749. The highest BCUT2D eigenvalue weighted by molar-refractivity contribution is 9.10. The molecule has 0 saturated carbocycles. The van der Waals surface area contributed by atoms with E-state index in [-0.39, 0.29) is 6.04 Å². The third-order valence-corrected chi connectivity index (χ3v) is 4.08. The van der Waals surface area contributed by atoms with E-state index in [2.05, 4.69) is 45.2 Å². The summed E-state index contributed by atoms with van der Waals surface area (Å²) in [6.07, 6.45) is 0.903. The van der Waals surface area contributed by atoms with Crippen molar-refractivity contribution >= 4 is 21.9 Å². The highest BCUT2D eigenvalue weighted by atomic mass is 79.9. The third kappa shape index (κ3) is 3.35. The number of nitrogens with zero attached hydrogens (tertiary/aromatic N) is 1. The van der Waals surface area contributed by atoms with E-state index in [0.29, 0.717) is 6.54 Å². The second-order valence-corrected chi connectivity index (χ2v) is 5.69. The lowest BCUT2D eigenvalue weighted by molar-refractivity contribution is -0.145. The molecule has 1 aromatic rings. The monoisotopic (exact) mass is 326 g/mol. The number of hydrogen-bond acceptors (Lipinski definition) is 3. The van der Waals surface area contributed by atoms with Crippen LogP contribution in [0.25, 0.3) is 0 Å². The molecule has 0 spiro atoms. The SMILES string of the molecule is CCC(c1cccc(Br)c1)N1CCNCC1C(=O)O. The van der Waals surface area contributed by atoms with Crippen molar-refractivity contribution in [3.63, 3.8) is 0 Å². The van der Waals surface area contributed by atoms with E-state index in [1.807, 2.05) is 12.1 Å². The molecule has 2 N–H and O–H groups in total. The van der Waals surface area contributed by atoms with Crippen LogP contribution in [0.15, 0.2) is 28.7 Å². The van der Waals surface area contributed by atoms with Crippen molar-refractivity contribution in [2.24, 2.45) is 0 Å². The molecule has 1 saturated heterocycles. The molecule has 1 fully saturated rings. The van der Waals surface area contributed by atoms with Crippen LogP contribution in [0.2, 0.25) is 0 Å². The van der Waals surface area contributed by atoms with Crippen molar-refractivity contribution in [3.8, 4) is 0 Å². The first-order valence-corrected chi connectivity index (χ1v) is 7.37. The normalized spacial score (nSPS) is 22.1. The van der Waals surface area contributed by atoms with Crippen LogP contribution in [0, 0.1) is 0 Å². The number of carboxylic acids is 1. The van der Waals surface area contributed by atoms with Crippen LogP contribution in [0.1, 0.15) is 24.9 Å². The van der Waals surface area contributed by atoms with Crippen molar-refractivity contribution < 1.29 is 9.90 Å². The Morgan fingerprint density at radius 1 is 1.63 bits per heavy atom. The van der Waals surface area contributed by atoms with Gasteiger partial charge in [-0.25, -0.2) is 0 Å². The summed E-state index contributed by atoms with van der Waals surface area (Å²) >= 11 is 3.48. The van der Waals surface area contributed by atoms with Crippen molar-refractivity contribution in [2.45, 2.75) is 25.4 Å². The number of rotatable bonds is 4. The summed E-state index contributed by atoms with van der Waals surface area (Å²) in [6, 6.07) is 7.84. The Labute approximate surface area is 121 Å². The van der Waals surface area contributed by atoms with E-state index in [4.69, 9.17) is 0 Å². The summed E-state index contributed by atoms with van der Waals surface area (Å²) in [4.78, 5) is 13.5. The molecule has 1 aliphatic heterocycles. The second-order valence-electron chi connectivity index (χ2n) is 4.78. The molecule has 5 heteroatoms. The van der Waals surface area contributed by atoms with Gasteiger partial charge in [0, 0.05) is 30.1 Å². The molecular weight excluding hydrogens is 308 g/mol. The van der Waals surface area contributed by atoms with E-state index in [0.717, 1.165) is 24.0 Å². The Bertz CT molecular complexity index is 453. The fourth-order valence-electron chi connectivity index (χ4n) is 2.70. The molecule has 4 nitrogen and oxygen atoms in total. The predicted octanol–water partition coefficient (Wildman–Crippen LogP) is 2.26. The molecule has 2 rings (SSSR count). The fourth-order valence-corrected chi connectivity index (χ4v) is 3.11. The van der Waals surface area contributed by atoms with Gasteiger partial charge in [-0.05, 0) is 24.1 Å². The maximum absolute atomic E-state index is 11.4. The number of hydrogen-bond donors (Lipinski definition) is 2. The van der Waals surface area contributed by atoms with Crippen molar-refractivity contribution in [1.82, 2.24) is 10.2 Å². The van der Waals surface area contributed by atoms with Gasteiger partial charge in [-0.15, -0.1) is 0 Å². The highest BCUT2D eigenvalue weighted by Gasteiger charge is 2.33. The van der Waals surface area contributed by atoms with Gasteiger partial charge >= 0.3 is 5.97 Å². The lowest BCUT2D eigenvalue weighted by Crippen LogP contribution is -2.55. The lowest BCUT2D eigenvalue weighted by atomic mass is 9.99. The molecular formula is C14H19BrN2O2. The molecule has 0 aliphatic carbocycles. The molecule has 1 heterocycles. The van der Waals surface area contributed by atoms with Gasteiger partial charge in [0.15, 0.2) is 0 Å². The van der Waals surface area contributed by atoms with Crippen LogP contribution in [0.4, 0.5) is 0 Å². The first-order valence-electron chi connectivity index (χ1n) is 6.58. The Morgan fingerprint density at radius 2 is 2.42 bits per heavy atom. The van der Waals surface area contributed by atoms with Gasteiger partial charge < -0.3 is 10.4 Å². The van der Waals surface area contributed by atoms with Gasteiger partial charge in [-0.3, -0.25) is 9.69 Å². The van der Waals surface area contributed by atoms with Crippen LogP contribution in [0.5, 0.6) is 0 Å². The Hall–Kier alpha value is -0.910. The molecule has 19 heavy (non-hydrogen) atoms. The Kier molecular flexibility index (Phi) is 4.96. The summed E-state index contributed by atoms with van der Waals surface area (Å²) in [6.45, 7) is 4.22. The van der Waals surface area contributed by atoms with Crippen molar-refractivity contribution in [3.05, 3.63) is 34.3 Å². The number of halogens is 1. The van der Waals surface area contributed by atoms with Gasteiger partial charge in [-0.1, -0.05) is 35.0 Å². The summed E-state index contributed by atoms with van der Waals surface area (Å²) < 4.78 is 1.03. The minimum absolute atomic E-state index is 0.153. The number of carboxylic acid groups (broad SMARTS) is 1. The van der Waals surface area contributed by atoms with Crippen LogP contribution in [-0.4, -0.2) is 41.7 Å². The molecule has 0 radical (unpaired) electrons. The van der Waals surface area contributed by atoms with Crippen molar-refractivity contribution in [1.29, 1.82) is 0 Å². The second kappa shape index (κ2) is 6.50. The highest BCUT2D eigenvalue weighted by Crippen LogP contribution is 2.28. The molecule has 0 bridgehead atoms. The van der Waals surface area contributed by atoms with Gasteiger partial charge in [0.2, 0.25) is 0 Å². The van der Waals surface area contributed by atoms with E-state index in [9.17, 15) is 9.90 Å². The van der Waals surface area contributed by atoms with E-state index in [1.54, 1.807) is 0 Å². The largest absolute Gasteiger partial charge is 0.480 e. The van der Waals surface area contributed by atoms with Crippen LogP contribution in [-0.2, 0) is 4.79 Å². The zero-order valence-corrected chi connectivity index (χ0v) is 12.6. The van der Waals surface area contributed by atoms with E-state index >= 15 is 0 Å². The third-order valence-electron chi connectivity index (χ3n) is 3.59. The molecule has 2 unspecified atom stereocenters. The number of benzene rings is 1. The summed E-state index contributed by atoms with van der Waals surface area (Å²) in [5, 5.41) is 12.5. The quantitative estimate of drug-likeness (QED) is 0.891. The zero-order valence-electron chi connectivity index (χ0n) is 11.0. The first-order chi connectivity index (χ1) is 9.13. The van der Waals surface area contributed by atoms with Gasteiger partial charge in [0.1, 0.15) is 6.04 Å². The smallest absolute Gasteiger partial charge is 0.322 e. The summed E-state index contributed by atoms with van der Waals surface area (Å²) in [7, 11) is 0. The zero-order chi connectivity index (χ0) is 13.8. The topological polar surface area (TPSA) is 52.6 Å². The maximum Gasteiger partial charge on any atom is 0.322 e. The van der Waals surface area contributed by atoms with Gasteiger partial charge in [0.05, 0.1) is 0 Å². The average molecular weight is 327 g/mol. The standard InChI is InChI=1S/C14H19BrN2O2/c1-2-12(10-4-3-5-11(15)8-10)17-7-6-16-9-13(17)14(18)19/h3-5,8,12-13,16H,2,6-7,9H2,1H3,(H,18,19). The number of aliphatic carboxylic acids is 1. The van der Waals surface area contributed by atoms with E-state index in [1.165, 1.54) is 5.56 Å². The molecule has 0 aromatic heterocycles. The Morgan fingerprint density at radius 3 is 3.05 bits per heavy atom. The lowest BCUT2D eigenvalue weighted by Gasteiger charge is -2.39. The van der Waals surface area contributed by atoms with Crippen LogP contribution < -0.4 is 5.32 Å². The molecule has 1 aromatic carbocycles. The molecule has 0 amide bonds. The van der Waals surface area contributed by atoms with Crippen molar-refractivity contribution in [2.75, 3.05) is 19.6 Å². The number of piperazine rings is 1. The van der Waals surface area contributed by atoms with E-state index < -0.39 is 12.0 Å². The minimum atomic E-state index is -0.749.